The molecule has 2 atom stereocenters. The Kier molecular flexibility index (Phi) is 6.06. The number of likely N-dealkylation sites (tertiary alicyclic amines) is 1. The normalized spacial score (nSPS) is 19.1. The zero-order chi connectivity index (χ0) is 19.2. The van der Waals surface area contributed by atoms with Crippen LogP contribution in [0.1, 0.15) is 24.3 Å². The first-order valence-electron chi connectivity index (χ1n) is 8.98. The Morgan fingerprint density at radius 2 is 1.78 bits per heavy atom. The number of hydrogen-bond donors (Lipinski definition) is 1. The Hall–Kier alpha value is -2.89. The standard InChI is InChI=1S/C21H22FNO4/c22-16-8-10-17(11-9-16)27-12-4-7-20(24)23-13-18(19(14-23)21(25)26)15-5-2-1-3-6-15/h1-3,5-6,8-11,18-19H,4,7,12-14H2,(H,25,26). The summed E-state index contributed by atoms with van der Waals surface area (Å²) in [5.74, 6) is -1.50. The number of nitrogens with zero attached hydrogens (tertiary/aromatic N) is 1. The average molecular weight is 371 g/mol. The van der Waals surface area contributed by atoms with E-state index < -0.39 is 11.9 Å². The predicted molar refractivity (Wildman–Crippen MR) is 98.0 cm³/mol. The van der Waals surface area contributed by atoms with E-state index in [9.17, 15) is 19.1 Å². The molecule has 2 aromatic rings. The lowest BCUT2D eigenvalue weighted by atomic mass is 9.89. The van der Waals surface area contributed by atoms with Gasteiger partial charge >= 0.3 is 5.97 Å². The van der Waals surface area contributed by atoms with Crippen LogP contribution in [-0.2, 0) is 9.59 Å². The first kappa shape index (κ1) is 18.9. The molecule has 0 aromatic heterocycles. The highest BCUT2D eigenvalue weighted by Crippen LogP contribution is 2.33. The molecule has 27 heavy (non-hydrogen) atoms. The number of rotatable bonds is 7. The van der Waals surface area contributed by atoms with Crippen LogP contribution in [0.25, 0.3) is 0 Å². The van der Waals surface area contributed by atoms with Gasteiger partial charge < -0.3 is 14.7 Å². The maximum Gasteiger partial charge on any atom is 0.308 e. The molecule has 142 valence electrons. The number of hydrogen-bond acceptors (Lipinski definition) is 3. The largest absolute Gasteiger partial charge is 0.494 e. The van der Waals surface area contributed by atoms with Crippen LogP contribution >= 0.6 is 0 Å². The Labute approximate surface area is 157 Å². The van der Waals surface area contributed by atoms with Gasteiger partial charge in [0.05, 0.1) is 12.5 Å². The van der Waals surface area contributed by atoms with Gasteiger partial charge in [0.15, 0.2) is 0 Å². The molecule has 1 aliphatic rings. The maximum absolute atomic E-state index is 12.8. The van der Waals surface area contributed by atoms with Gasteiger partial charge in [-0.15, -0.1) is 0 Å². The molecule has 1 heterocycles. The Morgan fingerprint density at radius 1 is 1.07 bits per heavy atom. The van der Waals surface area contributed by atoms with Crippen LogP contribution in [-0.4, -0.2) is 41.6 Å². The van der Waals surface area contributed by atoms with Crippen LogP contribution in [0.4, 0.5) is 4.39 Å². The fourth-order valence-corrected chi connectivity index (χ4v) is 3.40. The first-order chi connectivity index (χ1) is 13.0. The number of carboxylic acids is 1. The van der Waals surface area contributed by atoms with Crippen LogP contribution in [0, 0.1) is 11.7 Å². The van der Waals surface area contributed by atoms with Crippen LogP contribution in [0.5, 0.6) is 5.75 Å². The number of halogens is 1. The van der Waals surface area contributed by atoms with Crippen molar-refractivity contribution in [3.05, 3.63) is 66.0 Å². The van der Waals surface area contributed by atoms with E-state index in [4.69, 9.17) is 4.74 Å². The minimum Gasteiger partial charge on any atom is -0.494 e. The van der Waals surface area contributed by atoms with Gasteiger partial charge in [0.25, 0.3) is 0 Å². The van der Waals surface area contributed by atoms with Crippen molar-refractivity contribution >= 4 is 11.9 Å². The summed E-state index contributed by atoms with van der Waals surface area (Å²) in [6.45, 7) is 0.987. The Balaban J connectivity index is 1.51. The second-order valence-corrected chi connectivity index (χ2v) is 6.67. The van der Waals surface area contributed by atoms with E-state index in [0.717, 1.165) is 5.56 Å². The quantitative estimate of drug-likeness (QED) is 0.759. The van der Waals surface area contributed by atoms with Crippen molar-refractivity contribution in [3.63, 3.8) is 0 Å². The summed E-state index contributed by atoms with van der Waals surface area (Å²) >= 11 is 0. The highest BCUT2D eigenvalue weighted by molar-refractivity contribution is 5.79. The van der Waals surface area contributed by atoms with Gasteiger partial charge in [0.1, 0.15) is 11.6 Å². The Bertz CT molecular complexity index is 779. The number of benzene rings is 2. The first-order valence-corrected chi connectivity index (χ1v) is 8.98. The van der Waals surface area contributed by atoms with Crippen molar-refractivity contribution in [2.75, 3.05) is 19.7 Å². The van der Waals surface area contributed by atoms with E-state index in [1.165, 1.54) is 12.1 Å². The molecule has 1 saturated heterocycles. The van der Waals surface area contributed by atoms with Gasteiger partial charge in [-0.25, -0.2) is 4.39 Å². The number of carboxylic acid groups (broad SMARTS) is 1. The lowest BCUT2D eigenvalue weighted by Gasteiger charge is -2.16. The van der Waals surface area contributed by atoms with Gasteiger partial charge in [-0.05, 0) is 36.2 Å². The molecule has 1 fully saturated rings. The molecule has 5 nitrogen and oxygen atoms in total. The van der Waals surface area contributed by atoms with Gasteiger partial charge in [-0.2, -0.15) is 0 Å². The summed E-state index contributed by atoms with van der Waals surface area (Å²) < 4.78 is 18.3. The number of carbonyl (C=O) groups is 2. The van der Waals surface area contributed by atoms with Crippen molar-refractivity contribution in [1.82, 2.24) is 4.90 Å². The molecular weight excluding hydrogens is 349 g/mol. The molecule has 0 saturated carbocycles. The molecule has 1 N–H and O–H groups in total. The number of carbonyl (C=O) groups excluding carboxylic acids is 1. The zero-order valence-corrected chi connectivity index (χ0v) is 14.9. The molecule has 0 bridgehead atoms. The summed E-state index contributed by atoms with van der Waals surface area (Å²) in [4.78, 5) is 25.7. The van der Waals surface area contributed by atoms with Crippen molar-refractivity contribution in [1.29, 1.82) is 0 Å². The lowest BCUT2D eigenvalue weighted by molar-refractivity contribution is -0.141. The second kappa shape index (κ2) is 8.66. The van der Waals surface area contributed by atoms with E-state index in [-0.39, 0.29) is 30.6 Å². The molecule has 2 aromatic carbocycles. The molecule has 0 radical (unpaired) electrons. The van der Waals surface area contributed by atoms with Gasteiger partial charge in [0, 0.05) is 25.4 Å². The fraction of sp³-hybridized carbons (Fsp3) is 0.333. The van der Waals surface area contributed by atoms with Crippen molar-refractivity contribution in [2.45, 2.75) is 18.8 Å². The van der Waals surface area contributed by atoms with Crippen molar-refractivity contribution in [3.8, 4) is 5.75 Å². The van der Waals surface area contributed by atoms with Crippen molar-refractivity contribution in [2.24, 2.45) is 5.92 Å². The van der Waals surface area contributed by atoms with E-state index >= 15 is 0 Å². The molecular formula is C21H22FNO4. The molecule has 0 aliphatic carbocycles. The number of ether oxygens (including phenoxy) is 1. The van der Waals surface area contributed by atoms with E-state index in [1.807, 2.05) is 30.3 Å². The Morgan fingerprint density at radius 3 is 2.44 bits per heavy atom. The molecule has 2 unspecified atom stereocenters. The van der Waals surface area contributed by atoms with Crippen molar-refractivity contribution < 1.29 is 23.8 Å². The SMILES string of the molecule is O=C(O)C1CN(C(=O)CCCOc2ccc(F)cc2)CC1c1ccccc1. The summed E-state index contributed by atoms with van der Waals surface area (Å²) in [6, 6.07) is 15.2. The zero-order valence-electron chi connectivity index (χ0n) is 14.9. The molecule has 1 amide bonds. The highest BCUT2D eigenvalue weighted by Gasteiger charge is 2.40. The van der Waals surface area contributed by atoms with Gasteiger partial charge in [0.2, 0.25) is 5.91 Å². The smallest absolute Gasteiger partial charge is 0.308 e. The summed E-state index contributed by atoms with van der Waals surface area (Å²) in [6.07, 6.45) is 0.801. The van der Waals surface area contributed by atoms with E-state index in [0.29, 0.717) is 25.3 Å². The third-order valence-electron chi connectivity index (χ3n) is 4.83. The third-order valence-corrected chi connectivity index (χ3v) is 4.83. The van der Waals surface area contributed by atoms with Crippen LogP contribution in [0.15, 0.2) is 54.6 Å². The number of amides is 1. The fourth-order valence-electron chi connectivity index (χ4n) is 3.40. The van der Waals surface area contributed by atoms with Crippen LogP contribution in [0.2, 0.25) is 0 Å². The predicted octanol–water partition coefficient (Wildman–Crippen LogP) is 3.31. The summed E-state index contributed by atoms with van der Waals surface area (Å²) in [5, 5.41) is 9.52. The maximum atomic E-state index is 12.8. The van der Waals surface area contributed by atoms with Crippen LogP contribution in [0.3, 0.4) is 0 Å². The van der Waals surface area contributed by atoms with E-state index in [2.05, 4.69) is 0 Å². The monoisotopic (exact) mass is 371 g/mol. The second-order valence-electron chi connectivity index (χ2n) is 6.67. The molecule has 6 heteroatoms. The topological polar surface area (TPSA) is 66.8 Å². The molecule has 1 aliphatic heterocycles. The van der Waals surface area contributed by atoms with Crippen LogP contribution < -0.4 is 4.74 Å². The minimum atomic E-state index is -0.876. The summed E-state index contributed by atoms with van der Waals surface area (Å²) in [5.41, 5.74) is 0.944. The number of aliphatic carboxylic acids is 1. The lowest BCUT2D eigenvalue weighted by Crippen LogP contribution is -2.30. The van der Waals surface area contributed by atoms with Gasteiger partial charge in [-0.3, -0.25) is 9.59 Å². The highest BCUT2D eigenvalue weighted by atomic mass is 19.1. The molecule has 0 spiro atoms. The molecule has 3 rings (SSSR count). The average Bonchev–Trinajstić information content (AvgIpc) is 3.13. The minimum absolute atomic E-state index is 0.0672. The third kappa shape index (κ3) is 4.84. The van der Waals surface area contributed by atoms with E-state index in [1.54, 1.807) is 17.0 Å². The van der Waals surface area contributed by atoms with Gasteiger partial charge in [-0.1, -0.05) is 30.3 Å². The summed E-state index contributed by atoms with van der Waals surface area (Å²) in [7, 11) is 0.